The van der Waals surface area contributed by atoms with Crippen molar-refractivity contribution >= 4 is 5.69 Å². The van der Waals surface area contributed by atoms with Gasteiger partial charge < -0.3 is 10.0 Å². The van der Waals surface area contributed by atoms with Crippen LogP contribution < -0.4 is 4.90 Å². The largest absolute Gasteiger partial charge is 0.505 e. The van der Waals surface area contributed by atoms with Gasteiger partial charge in [0.1, 0.15) is 0 Å². The molecule has 2 nitrogen and oxygen atoms in total. The Kier molecular flexibility index (Phi) is 3.74. The monoisotopic (exact) mass is 259 g/mol. The fourth-order valence-corrected chi connectivity index (χ4v) is 2.18. The molecule has 0 amide bonds. The number of phenolic OH excluding ortho intramolecular Hbond substituents is 1. The highest BCUT2D eigenvalue weighted by Gasteiger charge is 2.06. The van der Waals surface area contributed by atoms with Crippen LogP contribution in [0.3, 0.4) is 0 Å². The summed E-state index contributed by atoms with van der Waals surface area (Å²) in [5, 5.41) is 9.18. The summed E-state index contributed by atoms with van der Waals surface area (Å²) in [6.45, 7) is 4.72. The lowest BCUT2D eigenvalue weighted by Crippen LogP contribution is -2.16. The molecule has 0 aliphatic carbocycles. The predicted molar refractivity (Wildman–Crippen MR) is 76.1 cm³/mol. The highest BCUT2D eigenvalue weighted by molar-refractivity contribution is 5.50. The minimum Gasteiger partial charge on any atom is -0.505 e. The smallest absolute Gasteiger partial charge is 0.165 e. The predicted octanol–water partition coefficient (Wildman–Crippen LogP) is 3.78. The molecule has 0 fully saturated rings. The summed E-state index contributed by atoms with van der Waals surface area (Å²) >= 11 is 0. The van der Waals surface area contributed by atoms with Gasteiger partial charge in [-0.15, -0.1) is 0 Å². The van der Waals surface area contributed by atoms with Gasteiger partial charge in [0.05, 0.1) is 0 Å². The van der Waals surface area contributed by atoms with Gasteiger partial charge in [0, 0.05) is 19.3 Å². The number of phenols is 1. The van der Waals surface area contributed by atoms with E-state index < -0.39 is 5.82 Å². The van der Waals surface area contributed by atoms with Crippen molar-refractivity contribution in [2.45, 2.75) is 20.4 Å². The molecule has 100 valence electrons. The molecule has 0 saturated carbocycles. The van der Waals surface area contributed by atoms with Gasteiger partial charge in [-0.1, -0.05) is 12.1 Å². The van der Waals surface area contributed by atoms with Crippen molar-refractivity contribution < 1.29 is 9.50 Å². The van der Waals surface area contributed by atoms with Gasteiger partial charge >= 0.3 is 0 Å². The molecule has 3 heteroatoms. The fourth-order valence-electron chi connectivity index (χ4n) is 2.18. The number of nitrogens with zero attached hydrogens (tertiary/aromatic N) is 1. The van der Waals surface area contributed by atoms with E-state index in [1.165, 1.54) is 23.3 Å². The van der Waals surface area contributed by atoms with Crippen molar-refractivity contribution in [2.24, 2.45) is 0 Å². The molecule has 0 saturated heterocycles. The summed E-state index contributed by atoms with van der Waals surface area (Å²) in [6, 6.07) is 10.8. The number of hydrogen-bond acceptors (Lipinski definition) is 2. The molecule has 0 spiro atoms. The maximum atomic E-state index is 13.3. The molecule has 2 aromatic carbocycles. The zero-order valence-corrected chi connectivity index (χ0v) is 11.4. The van der Waals surface area contributed by atoms with Crippen LogP contribution in [0.5, 0.6) is 5.75 Å². The number of aryl methyl sites for hydroxylation is 2. The van der Waals surface area contributed by atoms with Crippen LogP contribution in [0.4, 0.5) is 10.1 Å². The highest BCUT2D eigenvalue weighted by Crippen LogP contribution is 2.21. The Hall–Kier alpha value is -2.03. The number of hydrogen-bond donors (Lipinski definition) is 1. The van der Waals surface area contributed by atoms with Crippen molar-refractivity contribution in [1.29, 1.82) is 0 Å². The van der Waals surface area contributed by atoms with Gasteiger partial charge in [-0.3, -0.25) is 0 Å². The molecule has 1 N–H and O–H groups in total. The van der Waals surface area contributed by atoms with E-state index in [1.807, 2.05) is 7.05 Å². The fraction of sp³-hybridized carbons (Fsp3) is 0.250. The molecule has 0 unspecified atom stereocenters. The van der Waals surface area contributed by atoms with E-state index in [0.29, 0.717) is 6.54 Å². The number of anilines is 1. The molecule has 0 bridgehead atoms. The van der Waals surface area contributed by atoms with E-state index in [-0.39, 0.29) is 5.75 Å². The lowest BCUT2D eigenvalue weighted by atomic mass is 10.1. The van der Waals surface area contributed by atoms with E-state index >= 15 is 0 Å². The quantitative estimate of drug-likeness (QED) is 0.906. The standard InChI is InChI=1S/C16H18FNO/c1-11-6-12(2)8-14(7-11)18(3)10-13-4-5-16(19)15(17)9-13/h4-9,19H,10H2,1-3H3. The van der Waals surface area contributed by atoms with E-state index in [1.54, 1.807) is 6.07 Å². The summed E-state index contributed by atoms with van der Waals surface area (Å²) < 4.78 is 13.3. The van der Waals surface area contributed by atoms with Crippen LogP contribution in [-0.4, -0.2) is 12.2 Å². The molecular formula is C16H18FNO. The minimum absolute atomic E-state index is 0.308. The van der Waals surface area contributed by atoms with Gasteiger partial charge in [0.15, 0.2) is 11.6 Å². The zero-order valence-electron chi connectivity index (χ0n) is 11.4. The van der Waals surface area contributed by atoms with Crippen LogP contribution in [0, 0.1) is 19.7 Å². The lowest BCUT2D eigenvalue weighted by Gasteiger charge is -2.20. The van der Waals surface area contributed by atoms with Crippen LogP contribution in [0.1, 0.15) is 16.7 Å². The summed E-state index contributed by atoms with van der Waals surface area (Å²) in [5.41, 5.74) is 4.35. The zero-order chi connectivity index (χ0) is 14.0. The van der Waals surface area contributed by atoms with Gasteiger partial charge in [0.25, 0.3) is 0 Å². The summed E-state index contributed by atoms with van der Waals surface area (Å²) in [6.07, 6.45) is 0. The van der Waals surface area contributed by atoms with Crippen molar-refractivity contribution in [3.8, 4) is 5.75 Å². The number of benzene rings is 2. The molecule has 0 atom stereocenters. The Morgan fingerprint density at radius 1 is 1.05 bits per heavy atom. The molecule has 2 aromatic rings. The Balaban J connectivity index is 2.20. The third-order valence-corrected chi connectivity index (χ3v) is 3.08. The molecule has 0 heterocycles. The van der Waals surface area contributed by atoms with Crippen LogP contribution in [0.15, 0.2) is 36.4 Å². The number of rotatable bonds is 3. The molecule has 0 aromatic heterocycles. The molecular weight excluding hydrogens is 241 g/mol. The molecule has 0 aliphatic heterocycles. The first kappa shape index (κ1) is 13.4. The van der Waals surface area contributed by atoms with Crippen molar-refractivity contribution in [1.82, 2.24) is 0 Å². The maximum Gasteiger partial charge on any atom is 0.165 e. The van der Waals surface area contributed by atoms with E-state index in [9.17, 15) is 9.50 Å². The molecule has 0 aliphatic rings. The Morgan fingerprint density at radius 2 is 1.68 bits per heavy atom. The van der Waals surface area contributed by atoms with Gasteiger partial charge in [0.2, 0.25) is 0 Å². The molecule has 0 radical (unpaired) electrons. The first-order valence-electron chi connectivity index (χ1n) is 6.22. The summed E-state index contributed by atoms with van der Waals surface area (Å²) in [5.74, 6) is -0.885. The second kappa shape index (κ2) is 5.31. The first-order chi connectivity index (χ1) is 8.95. The summed E-state index contributed by atoms with van der Waals surface area (Å²) in [4.78, 5) is 2.06. The Morgan fingerprint density at radius 3 is 2.26 bits per heavy atom. The Bertz CT molecular complexity index is 575. The third-order valence-electron chi connectivity index (χ3n) is 3.08. The Labute approximate surface area is 113 Å². The third kappa shape index (κ3) is 3.25. The topological polar surface area (TPSA) is 23.5 Å². The normalized spacial score (nSPS) is 10.5. The lowest BCUT2D eigenvalue weighted by molar-refractivity contribution is 0.432. The average Bonchev–Trinajstić information content (AvgIpc) is 2.32. The number of halogens is 1. The summed E-state index contributed by atoms with van der Waals surface area (Å²) in [7, 11) is 1.97. The second-order valence-corrected chi connectivity index (χ2v) is 4.99. The van der Waals surface area contributed by atoms with Crippen molar-refractivity contribution in [3.05, 3.63) is 58.9 Å². The maximum absolute atomic E-state index is 13.3. The molecule has 19 heavy (non-hydrogen) atoms. The van der Waals surface area contributed by atoms with E-state index in [2.05, 4.69) is 36.9 Å². The van der Waals surface area contributed by atoms with E-state index in [0.717, 1.165) is 11.3 Å². The van der Waals surface area contributed by atoms with Crippen LogP contribution in [0.25, 0.3) is 0 Å². The molecule has 2 rings (SSSR count). The van der Waals surface area contributed by atoms with Gasteiger partial charge in [-0.2, -0.15) is 0 Å². The first-order valence-corrected chi connectivity index (χ1v) is 6.22. The SMILES string of the molecule is Cc1cc(C)cc(N(C)Cc2ccc(O)c(F)c2)c1. The van der Waals surface area contributed by atoms with Crippen molar-refractivity contribution in [3.63, 3.8) is 0 Å². The van der Waals surface area contributed by atoms with Crippen LogP contribution in [-0.2, 0) is 6.54 Å². The van der Waals surface area contributed by atoms with E-state index in [4.69, 9.17) is 0 Å². The van der Waals surface area contributed by atoms with Crippen LogP contribution in [0.2, 0.25) is 0 Å². The minimum atomic E-state index is -0.577. The second-order valence-electron chi connectivity index (χ2n) is 4.99. The van der Waals surface area contributed by atoms with Gasteiger partial charge in [-0.05, 0) is 54.8 Å². The number of aromatic hydroxyl groups is 1. The average molecular weight is 259 g/mol. The van der Waals surface area contributed by atoms with Gasteiger partial charge in [-0.25, -0.2) is 4.39 Å². The highest BCUT2D eigenvalue weighted by atomic mass is 19.1. The van der Waals surface area contributed by atoms with Crippen LogP contribution >= 0.6 is 0 Å². The van der Waals surface area contributed by atoms with Crippen molar-refractivity contribution in [2.75, 3.05) is 11.9 Å².